The van der Waals surface area contributed by atoms with Crippen LogP contribution < -0.4 is 10.5 Å². The lowest BCUT2D eigenvalue weighted by Crippen LogP contribution is -2.02. The van der Waals surface area contributed by atoms with Crippen LogP contribution in [0.5, 0.6) is 5.75 Å². The topological polar surface area (TPSA) is 40.2 Å². The highest BCUT2D eigenvalue weighted by atomic mass is 16.5. The number of nitrogens with two attached hydrogens (primary N) is 1. The number of fused-ring (bicyclic) bond motifs is 1. The Morgan fingerprint density at radius 3 is 2.62 bits per heavy atom. The molecule has 3 aromatic rings. The highest BCUT2D eigenvalue weighted by molar-refractivity contribution is 5.90. The molecule has 0 aliphatic rings. The Morgan fingerprint density at radius 1 is 1.04 bits per heavy atom. The summed E-state index contributed by atoms with van der Waals surface area (Å²) >= 11 is 0. The molecule has 1 aromatic heterocycles. The minimum absolute atomic E-state index is 0.585. The Kier molecular flexibility index (Phi) is 5.55. The second kappa shape index (κ2) is 8.02. The average molecular weight is 322 g/mol. The number of nitrogens with zero attached hydrogens (tertiary/aromatic N) is 1. The van der Waals surface area contributed by atoms with Crippen LogP contribution >= 0.6 is 0 Å². The van der Waals surface area contributed by atoms with Crippen LogP contribution in [0.2, 0.25) is 0 Å². The van der Waals surface area contributed by atoms with E-state index >= 15 is 0 Å². The van der Waals surface area contributed by atoms with Gasteiger partial charge in [0.15, 0.2) is 0 Å². The molecule has 0 atom stereocenters. The van der Waals surface area contributed by atoms with E-state index < -0.39 is 0 Å². The third-order valence-electron chi connectivity index (χ3n) is 4.35. The van der Waals surface area contributed by atoms with Gasteiger partial charge in [0.25, 0.3) is 0 Å². The molecule has 0 aliphatic carbocycles. The zero-order valence-electron chi connectivity index (χ0n) is 14.4. The summed E-state index contributed by atoms with van der Waals surface area (Å²) < 4.78 is 8.50. The summed E-state index contributed by atoms with van der Waals surface area (Å²) in [6.45, 7) is 4.50. The van der Waals surface area contributed by atoms with Crippen LogP contribution in [0.25, 0.3) is 10.9 Å². The van der Waals surface area contributed by atoms with Gasteiger partial charge in [-0.3, -0.25) is 0 Å². The van der Waals surface area contributed by atoms with Gasteiger partial charge >= 0.3 is 0 Å². The van der Waals surface area contributed by atoms with E-state index in [2.05, 4.69) is 48.0 Å². The highest BCUT2D eigenvalue weighted by Gasteiger charge is 2.13. The molecule has 0 saturated carbocycles. The molecule has 1 heterocycles. The fraction of sp³-hybridized carbons (Fsp3) is 0.333. The molecule has 0 bridgehead atoms. The Labute approximate surface area is 144 Å². The van der Waals surface area contributed by atoms with E-state index in [1.165, 1.54) is 34.9 Å². The van der Waals surface area contributed by atoms with Crippen LogP contribution in [0.4, 0.5) is 0 Å². The summed E-state index contributed by atoms with van der Waals surface area (Å²) in [6, 6.07) is 16.6. The molecule has 3 heteroatoms. The second-order valence-electron chi connectivity index (χ2n) is 6.16. The Morgan fingerprint density at radius 2 is 1.88 bits per heavy atom. The molecule has 126 valence electrons. The SMILES string of the molecule is CCCCn1cc(CCN)c2c(OCc3ccccc3)cccc21. The molecule has 0 fully saturated rings. The summed E-state index contributed by atoms with van der Waals surface area (Å²) in [7, 11) is 0. The summed E-state index contributed by atoms with van der Waals surface area (Å²) in [5, 5.41) is 1.22. The smallest absolute Gasteiger partial charge is 0.129 e. The number of aromatic nitrogens is 1. The number of unbranched alkanes of at least 4 members (excludes halogenated alkanes) is 1. The highest BCUT2D eigenvalue weighted by Crippen LogP contribution is 2.32. The van der Waals surface area contributed by atoms with E-state index in [-0.39, 0.29) is 0 Å². The lowest BCUT2D eigenvalue weighted by Gasteiger charge is -2.10. The zero-order valence-corrected chi connectivity index (χ0v) is 14.4. The summed E-state index contributed by atoms with van der Waals surface area (Å²) in [5.41, 5.74) is 9.54. The summed E-state index contributed by atoms with van der Waals surface area (Å²) in [4.78, 5) is 0. The predicted octanol–water partition coefficient (Wildman–Crippen LogP) is 4.52. The number of hydrogen-bond donors (Lipinski definition) is 1. The van der Waals surface area contributed by atoms with Gasteiger partial charge in [0.05, 0.1) is 5.52 Å². The average Bonchev–Trinajstić information content (AvgIpc) is 2.98. The first-order valence-corrected chi connectivity index (χ1v) is 8.81. The van der Waals surface area contributed by atoms with Crippen molar-refractivity contribution in [2.75, 3.05) is 6.54 Å². The lowest BCUT2D eigenvalue weighted by atomic mass is 10.1. The standard InChI is InChI=1S/C21H26N2O/c1-2-3-14-23-15-18(12-13-22)21-19(23)10-7-11-20(21)24-16-17-8-5-4-6-9-17/h4-11,15H,2-3,12-14,16,22H2,1H3. The number of benzene rings is 2. The van der Waals surface area contributed by atoms with Gasteiger partial charge in [-0.25, -0.2) is 0 Å². The van der Waals surface area contributed by atoms with Crippen molar-refractivity contribution in [3.8, 4) is 5.75 Å². The van der Waals surface area contributed by atoms with Gasteiger partial charge in [0.1, 0.15) is 12.4 Å². The van der Waals surface area contributed by atoms with Crippen LogP contribution in [0, 0.1) is 0 Å². The molecule has 0 aliphatic heterocycles. The normalized spacial score (nSPS) is 11.1. The third kappa shape index (κ3) is 3.62. The van der Waals surface area contributed by atoms with E-state index in [9.17, 15) is 0 Å². The molecule has 0 spiro atoms. The van der Waals surface area contributed by atoms with Gasteiger partial charge < -0.3 is 15.0 Å². The minimum atomic E-state index is 0.585. The quantitative estimate of drug-likeness (QED) is 0.662. The van der Waals surface area contributed by atoms with Crippen LogP contribution in [-0.4, -0.2) is 11.1 Å². The van der Waals surface area contributed by atoms with Gasteiger partial charge in [-0.15, -0.1) is 0 Å². The first-order chi connectivity index (χ1) is 11.8. The van der Waals surface area contributed by atoms with Gasteiger partial charge in [-0.2, -0.15) is 0 Å². The molecule has 0 saturated heterocycles. The number of hydrogen-bond acceptors (Lipinski definition) is 2. The molecular formula is C21H26N2O. The Bertz CT molecular complexity index is 777. The maximum atomic E-state index is 6.16. The summed E-state index contributed by atoms with van der Waals surface area (Å²) in [6.07, 6.45) is 5.50. The molecule has 0 amide bonds. The van der Waals surface area contributed by atoms with Gasteiger partial charge in [-0.05, 0) is 42.6 Å². The minimum Gasteiger partial charge on any atom is -0.488 e. The van der Waals surface area contributed by atoms with Crippen LogP contribution in [0.1, 0.15) is 30.9 Å². The first kappa shape index (κ1) is 16.6. The molecule has 3 nitrogen and oxygen atoms in total. The molecule has 2 aromatic carbocycles. The Hall–Kier alpha value is -2.26. The van der Waals surface area contributed by atoms with Gasteiger partial charge in [0, 0.05) is 18.1 Å². The van der Waals surface area contributed by atoms with Gasteiger partial charge in [-0.1, -0.05) is 49.7 Å². The maximum absolute atomic E-state index is 6.16. The molecule has 3 rings (SSSR count). The largest absolute Gasteiger partial charge is 0.488 e. The van der Waals surface area contributed by atoms with Crippen molar-refractivity contribution in [1.82, 2.24) is 4.57 Å². The number of aryl methyl sites for hydroxylation is 1. The fourth-order valence-corrected chi connectivity index (χ4v) is 3.12. The Balaban J connectivity index is 1.93. The zero-order chi connectivity index (χ0) is 16.8. The van der Waals surface area contributed by atoms with E-state index in [1.807, 2.05) is 18.2 Å². The van der Waals surface area contributed by atoms with E-state index in [0.717, 1.165) is 18.7 Å². The van der Waals surface area contributed by atoms with E-state index in [4.69, 9.17) is 10.5 Å². The molecule has 2 N–H and O–H groups in total. The third-order valence-corrected chi connectivity index (χ3v) is 4.35. The fourth-order valence-electron chi connectivity index (χ4n) is 3.12. The van der Waals surface area contributed by atoms with Crippen molar-refractivity contribution in [2.45, 2.75) is 39.3 Å². The molecule has 0 unspecified atom stereocenters. The first-order valence-electron chi connectivity index (χ1n) is 8.81. The predicted molar refractivity (Wildman–Crippen MR) is 100 cm³/mol. The van der Waals surface area contributed by atoms with Crippen molar-refractivity contribution in [2.24, 2.45) is 5.73 Å². The number of ether oxygens (including phenoxy) is 1. The molecular weight excluding hydrogens is 296 g/mol. The van der Waals surface area contributed by atoms with Crippen molar-refractivity contribution in [3.63, 3.8) is 0 Å². The van der Waals surface area contributed by atoms with Crippen molar-refractivity contribution < 1.29 is 4.74 Å². The lowest BCUT2D eigenvalue weighted by molar-refractivity contribution is 0.310. The van der Waals surface area contributed by atoms with Crippen LogP contribution in [0.15, 0.2) is 54.7 Å². The molecule has 24 heavy (non-hydrogen) atoms. The summed E-state index contributed by atoms with van der Waals surface area (Å²) in [5.74, 6) is 0.954. The van der Waals surface area contributed by atoms with E-state index in [0.29, 0.717) is 13.2 Å². The van der Waals surface area contributed by atoms with E-state index in [1.54, 1.807) is 0 Å². The van der Waals surface area contributed by atoms with Crippen molar-refractivity contribution in [3.05, 3.63) is 65.9 Å². The number of rotatable bonds is 8. The molecule has 0 radical (unpaired) electrons. The second-order valence-corrected chi connectivity index (χ2v) is 6.16. The maximum Gasteiger partial charge on any atom is 0.129 e. The monoisotopic (exact) mass is 322 g/mol. The van der Waals surface area contributed by atoms with Crippen molar-refractivity contribution in [1.29, 1.82) is 0 Å². The van der Waals surface area contributed by atoms with Crippen LogP contribution in [0.3, 0.4) is 0 Å². The van der Waals surface area contributed by atoms with Crippen LogP contribution in [-0.2, 0) is 19.6 Å². The van der Waals surface area contributed by atoms with Crippen molar-refractivity contribution >= 4 is 10.9 Å². The van der Waals surface area contributed by atoms with Gasteiger partial charge in [0.2, 0.25) is 0 Å².